The first kappa shape index (κ1) is 11.8. The topological polar surface area (TPSA) is 50.2 Å². The molecule has 0 saturated heterocycles. The zero-order chi connectivity index (χ0) is 12.1. The number of hydrogen-bond acceptors (Lipinski definition) is 2. The Labute approximate surface area is 106 Å². The fourth-order valence-electron chi connectivity index (χ4n) is 1.41. The number of pyridine rings is 1. The summed E-state index contributed by atoms with van der Waals surface area (Å²) < 4.78 is 0.935. The molecule has 0 spiro atoms. The maximum absolute atomic E-state index is 11.0. The van der Waals surface area contributed by atoms with Crippen LogP contribution in [0.3, 0.4) is 0 Å². The second kappa shape index (κ2) is 5.62. The van der Waals surface area contributed by atoms with E-state index in [0.29, 0.717) is 5.56 Å². The van der Waals surface area contributed by atoms with Crippen LogP contribution in [0.2, 0.25) is 0 Å². The zero-order valence-corrected chi connectivity index (χ0v) is 10.7. The van der Waals surface area contributed by atoms with Crippen LogP contribution >= 0.6 is 0 Å². The van der Waals surface area contributed by atoms with Gasteiger partial charge in [0.05, 0.1) is 0 Å². The molecule has 1 aromatic carbocycles. The van der Waals surface area contributed by atoms with Crippen LogP contribution in [-0.2, 0) is 5.32 Å². The van der Waals surface area contributed by atoms with Crippen LogP contribution in [0.4, 0.5) is 0 Å². The van der Waals surface area contributed by atoms with E-state index in [2.05, 4.69) is 4.98 Å². The number of aromatic nitrogens is 1. The van der Waals surface area contributed by atoms with Crippen molar-refractivity contribution in [2.24, 2.45) is 0 Å². The molecule has 0 bridgehead atoms. The molecule has 0 fully saturated rings. The first-order chi connectivity index (χ1) is 8.27. The predicted molar refractivity (Wildman–Crippen MR) is 66.7 cm³/mol. The molecule has 2 aromatic rings. The van der Waals surface area contributed by atoms with Crippen molar-refractivity contribution >= 4 is 25.4 Å². The van der Waals surface area contributed by atoms with Gasteiger partial charge >= 0.3 is 106 Å². The van der Waals surface area contributed by atoms with Gasteiger partial charge in [-0.3, -0.25) is 0 Å². The molecule has 0 saturated carbocycles. The van der Waals surface area contributed by atoms with E-state index < -0.39 is 5.97 Å². The number of benzene rings is 1. The molecular weight excluding hydrogens is 281 g/mol. The number of nitrogens with zero attached hydrogens (tertiary/aromatic N) is 1. The second-order valence-corrected chi connectivity index (χ2v) is 5.58. The Kier molecular flexibility index (Phi) is 3.91. The Morgan fingerprint density at radius 3 is 2.59 bits per heavy atom. The Morgan fingerprint density at radius 1 is 1.18 bits per heavy atom. The molecule has 0 radical (unpaired) electrons. The molecule has 0 unspecified atom stereocenters. The Bertz CT molecular complexity index is 514. The molecule has 86 valence electrons. The van der Waals surface area contributed by atoms with Gasteiger partial charge in [-0.05, 0) is 0 Å². The van der Waals surface area contributed by atoms with Crippen molar-refractivity contribution in [1.82, 2.24) is 4.98 Å². The standard InChI is InChI=1S/C13H11NO2Se/c15-13(16)11-3-1-2-4-12(11)17-9-10-5-7-14-8-6-10/h1-8H,9H2,(H,15,16). The first-order valence-corrected chi connectivity index (χ1v) is 7.18. The van der Waals surface area contributed by atoms with Crippen LogP contribution in [0.5, 0.6) is 0 Å². The number of carboxylic acid groups (broad SMARTS) is 1. The molecule has 0 aliphatic rings. The van der Waals surface area contributed by atoms with E-state index >= 15 is 0 Å². The SMILES string of the molecule is O=C(O)c1ccccc1[Se]Cc1ccncc1. The number of hydrogen-bond donors (Lipinski definition) is 1. The molecule has 0 atom stereocenters. The van der Waals surface area contributed by atoms with Gasteiger partial charge in [-0.15, -0.1) is 0 Å². The maximum atomic E-state index is 11.0. The van der Waals surface area contributed by atoms with E-state index in [9.17, 15) is 4.79 Å². The van der Waals surface area contributed by atoms with Gasteiger partial charge in [-0.25, -0.2) is 0 Å². The van der Waals surface area contributed by atoms with Gasteiger partial charge in [-0.2, -0.15) is 0 Å². The van der Waals surface area contributed by atoms with Crippen molar-refractivity contribution in [1.29, 1.82) is 0 Å². The summed E-state index contributed by atoms with van der Waals surface area (Å²) in [6.45, 7) is 0. The van der Waals surface area contributed by atoms with Crippen molar-refractivity contribution in [2.45, 2.75) is 5.32 Å². The average Bonchev–Trinajstić information content (AvgIpc) is 2.38. The van der Waals surface area contributed by atoms with Gasteiger partial charge in [0.15, 0.2) is 0 Å². The monoisotopic (exact) mass is 293 g/mol. The van der Waals surface area contributed by atoms with Gasteiger partial charge in [-0.1, -0.05) is 0 Å². The molecule has 1 aromatic heterocycles. The van der Waals surface area contributed by atoms with Crippen LogP contribution in [0.25, 0.3) is 0 Å². The van der Waals surface area contributed by atoms with Crippen molar-refractivity contribution in [3.05, 3.63) is 59.9 Å². The summed E-state index contributed by atoms with van der Waals surface area (Å²) in [7, 11) is 0. The van der Waals surface area contributed by atoms with Crippen molar-refractivity contribution in [2.75, 3.05) is 0 Å². The quantitative estimate of drug-likeness (QED) is 0.864. The van der Waals surface area contributed by atoms with Crippen LogP contribution < -0.4 is 4.46 Å². The third-order valence-corrected chi connectivity index (χ3v) is 4.66. The molecule has 3 nitrogen and oxygen atoms in total. The summed E-state index contributed by atoms with van der Waals surface area (Å²) in [5.74, 6) is -0.850. The number of rotatable bonds is 4. The molecule has 0 aliphatic carbocycles. The third-order valence-electron chi connectivity index (χ3n) is 2.26. The summed E-state index contributed by atoms with van der Waals surface area (Å²) in [4.78, 5) is 15.0. The summed E-state index contributed by atoms with van der Waals surface area (Å²) in [6, 6.07) is 11.1. The van der Waals surface area contributed by atoms with Crippen LogP contribution in [0.15, 0.2) is 48.8 Å². The van der Waals surface area contributed by atoms with Gasteiger partial charge < -0.3 is 0 Å². The van der Waals surface area contributed by atoms with E-state index in [0.717, 1.165) is 9.78 Å². The first-order valence-electron chi connectivity index (χ1n) is 5.11. The van der Waals surface area contributed by atoms with Crippen LogP contribution in [-0.4, -0.2) is 31.0 Å². The van der Waals surface area contributed by atoms with Gasteiger partial charge in [0.1, 0.15) is 0 Å². The van der Waals surface area contributed by atoms with Crippen molar-refractivity contribution < 1.29 is 9.90 Å². The van der Waals surface area contributed by atoms with Gasteiger partial charge in [0.2, 0.25) is 0 Å². The summed E-state index contributed by atoms with van der Waals surface area (Å²) in [6.07, 6.45) is 3.52. The molecule has 0 aliphatic heterocycles. The van der Waals surface area contributed by atoms with Crippen LogP contribution in [0, 0.1) is 0 Å². The van der Waals surface area contributed by atoms with E-state index in [4.69, 9.17) is 5.11 Å². The molecule has 17 heavy (non-hydrogen) atoms. The zero-order valence-electron chi connectivity index (χ0n) is 9.04. The predicted octanol–water partition coefficient (Wildman–Crippen LogP) is 1.31. The number of carboxylic acids is 1. The Hall–Kier alpha value is -1.64. The normalized spacial score (nSPS) is 10.1. The summed E-state index contributed by atoms with van der Waals surface area (Å²) in [5.41, 5.74) is 1.61. The third kappa shape index (κ3) is 3.16. The number of carbonyl (C=O) groups is 1. The van der Waals surface area contributed by atoms with Gasteiger partial charge in [0, 0.05) is 0 Å². The molecular formula is C13H11NO2Se. The van der Waals surface area contributed by atoms with E-state index in [1.54, 1.807) is 24.5 Å². The minimum absolute atomic E-state index is 0.135. The minimum atomic E-state index is -0.850. The van der Waals surface area contributed by atoms with E-state index in [1.165, 1.54) is 5.56 Å². The van der Waals surface area contributed by atoms with Crippen molar-refractivity contribution in [3.63, 3.8) is 0 Å². The molecule has 0 amide bonds. The fourth-order valence-corrected chi connectivity index (χ4v) is 3.51. The van der Waals surface area contributed by atoms with Crippen LogP contribution in [0.1, 0.15) is 15.9 Å². The van der Waals surface area contributed by atoms with E-state index in [1.807, 2.05) is 24.3 Å². The second-order valence-electron chi connectivity index (χ2n) is 3.45. The Balaban J connectivity index is 2.12. The summed E-state index contributed by atoms with van der Waals surface area (Å²) in [5, 5.41) is 9.95. The van der Waals surface area contributed by atoms with E-state index in [-0.39, 0.29) is 15.0 Å². The fraction of sp³-hybridized carbons (Fsp3) is 0.0769. The summed E-state index contributed by atoms with van der Waals surface area (Å²) >= 11 is 0.135. The average molecular weight is 292 g/mol. The molecule has 1 heterocycles. The van der Waals surface area contributed by atoms with Crippen molar-refractivity contribution in [3.8, 4) is 0 Å². The molecule has 2 rings (SSSR count). The Morgan fingerprint density at radius 2 is 1.88 bits per heavy atom. The molecule has 4 heteroatoms. The number of aromatic carboxylic acids is 1. The molecule has 1 N–H and O–H groups in total. The van der Waals surface area contributed by atoms with Gasteiger partial charge in [0.25, 0.3) is 0 Å².